The molecule has 9 heteroatoms. The second-order valence-corrected chi connectivity index (χ2v) is 8.28. The maximum atomic E-state index is 12.4. The summed E-state index contributed by atoms with van der Waals surface area (Å²) < 4.78 is 29.9. The SMILES string of the molecule is CC1Oc2ccc(CC(=O)N3CCN(S(C)(=O)=O)CC3)cc2NC1=O. The highest BCUT2D eigenvalue weighted by atomic mass is 32.2. The second kappa shape index (κ2) is 6.64. The van der Waals surface area contributed by atoms with Crippen LogP contribution in [0.25, 0.3) is 0 Å². The van der Waals surface area contributed by atoms with Gasteiger partial charge in [0.2, 0.25) is 15.9 Å². The molecule has 25 heavy (non-hydrogen) atoms. The van der Waals surface area contributed by atoms with Crippen LogP contribution in [0, 0.1) is 0 Å². The van der Waals surface area contributed by atoms with Crippen molar-refractivity contribution in [3.63, 3.8) is 0 Å². The topological polar surface area (TPSA) is 96.0 Å². The molecule has 0 spiro atoms. The fourth-order valence-corrected chi connectivity index (χ4v) is 3.75. The van der Waals surface area contributed by atoms with Crippen molar-refractivity contribution in [1.82, 2.24) is 9.21 Å². The number of sulfonamides is 1. The van der Waals surface area contributed by atoms with Gasteiger partial charge in [0.25, 0.3) is 5.91 Å². The van der Waals surface area contributed by atoms with Crippen LogP contribution >= 0.6 is 0 Å². The summed E-state index contributed by atoms with van der Waals surface area (Å²) in [5, 5.41) is 2.76. The van der Waals surface area contributed by atoms with E-state index in [0.29, 0.717) is 37.6 Å². The molecule has 1 fully saturated rings. The number of benzene rings is 1. The van der Waals surface area contributed by atoms with Crippen molar-refractivity contribution >= 4 is 27.5 Å². The van der Waals surface area contributed by atoms with Gasteiger partial charge in [-0.3, -0.25) is 9.59 Å². The van der Waals surface area contributed by atoms with Gasteiger partial charge in [0.15, 0.2) is 6.10 Å². The van der Waals surface area contributed by atoms with Crippen molar-refractivity contribution in [2.75, 3.05) is 37.8 Å². The van der Waals surface area contributed by atoms with Gasteiger partial charge < -0.3 is 15.0 Å². The van der Waals surface area contributed by atoms with E-state index in [1.807, 2.05) is 0 Å². The Morgan fingerprint density at radius 2 is 1.96 bits per heavy atom. The Morgan fingerprint density at radius 1 is 1.28 bits per heavy atom. The summed E-state index contributed by atoms with van der Waals surface area (Å²) in [5.74, 6) is 0.308. The lowest BCUT2D eigenvalue weighted by Crippen LogP contribution is -2.50. The molecule has 2 aliphatic rings. The molecule has 0 aromatic heterocycles. The third-order valence-corrected chi connectivity index (χ3v) is 5.69. The predicted octanol–water partition coefficient (Wildman–Crippen LogP) is 0.0523. The van der Waals surface area contributed by atoms with Crippen LogP contribution in [-0.4, -0.2) is 68.0 Å². The molecule has 2 amide bonds. The Bertz CT molecular complexity index is 800. The first-order chi connectivity index (χ1) is 11.7. The van der Waals surface area contributed by atoms with E-state index in [9.17, 15) is 18.0 Å². The van der Waals surface area contributed by atoms with E-state index < -0.39 is 16.1 Å². The number of hydrogen-bond donors (Lipinski definition) is 1. The van der Waals surface area contributed by atoms with Crippen molar-refractivity contribution in [2.24, 2.45) is 0 Å². The van der Waals surface area contributed by atoms with Crippen molar-refractivity contribution in [3.05, 3.63) is 23.8 Å². The summed E-state index contributed by atoms with van der Waals surface area (Å²) in [6.45, 7) is 3.07. The summed E-state index contributed by atoms with van der Waals surface area (Å²) in [7, 11) is -3.21. The fraction of sp³-hybridized carbons (Fsp3) is 0.500. The van der Waals surface area contributed by atoms with Crippen LogP contribution in [-0.2, 0) is 26.0 Å². The van der Waals surface area contributed by atoms with Crippen LogP contribution in [0.1, 0.15) is 12.5 Å². The Labute approximate surface area is 146 Å². The molecule has 1 unspecified atom stereocenters. The lowest BCUT2D eigenvalue weighted by atomic mass is 10.1. The lowest BCUT2D eigenvalue weighted by molar-refractivity contribution is -0.131. The molecular weight excluding hydrogens is 346 g/mol. The number of ether oxygens (including phenoxy) is 1. The first-order valence-electron chi connectivity index (χ1n) is 8.07. The van der Waals surface area contributed by atoms with Gasteiger partial charge in [-0.2, -0.15) is 4.31 Å². The molecule has 3 rings (SSSR count). The number of nitrogens with zero attached hydrogens (tertiary/aromatic N) is 2. The number of carbonyl (C=O) groups excluding carboxylic acids is 2. The van der Waals surface area contributed by atoms with Gasteiger partial charge in [0.1, 0.15) is 5.75 Å². The monoisotopic (exact) mass is 367 g/mol. The predicted molar refractivity (Wildman–Crippen MR) is 91.9 cm³/mol. The van der Waals surface area contributed by atoms with Crippen LogP contribution in [0.4, 0.5) is 5.69 Å². The first kappa shape index (κ1) is 17.7. The maximum Gasteiger partial charge on any atom is 0.265 e. The van der Waals surface area contributed by atoms with Crippen LogP contribution in [0.2, 0.25) is 0 Å². The van der Waals surface area contributed by atoms with E-state index in [-0.39, 0.29) is 18.2 Å². The number of carbonyl (C=O) groups is 2. The minimum atomic E-state index is -3.21. The summed E-state index contributed by atoms with van der Waals surface area (Å²) in [6.07, 6.45) is 0.831. The minimum absolute atomic E-state index is 0.0653. The number of anilines is 1. The van der Waals surface area contributed by atoms with Crippen LogP contribution in [0.5, 0.6) is 5.75 Å². The summed E-state index contributed by atoms with van der Waals surface area (Å²) in [4.78, 5) is 25.8. The Hall–Kier alpha value is -2.13. The van der Waals surface area contributed by atoms with Gasteiger partial charge in [-0.1, -0.05) is 6.07 Å². The summed E-state index contributed by atoms with van der Waals surface area (Å²) in [5.41, 5.74) is 1.34. The van der Waals surface area contributed by atoms with Gasteiger partial charge in [0, 0.05) is 26.2 Å². The highest BCUT2D eigenvalue weighted by molar-refractivity contribution is 7.88. The van der Waals surface area contributed by atoms with Crippen molar-refractivity contribution in [1.29, 1.82) is 0 Å². The highest BCUT2D eigenvalue weighted by Gasteiger charge is 2.27. The second-order valence-electron chi connectivity index (χ2n) is 6.30. The normalized spacial score (nSPS) is 21.3. The molecule has 8 nitrogen and oxygen atoms in total. The zero-order valence-corrected chi connectivity index (χ0v) is 15.0. The maximum absolute atomic E-state index is 12.4. The van der Waals surface area contributed by atoms with Gasteiger partial charge in [0.05, 0.1) is 18.4 Å². The molecular formula is C16H21N3O5S. The fourth-order valence-electron chi connectivity index (χ4n) is 2.92. The quantitative estimate of drug-likeness (QED) is 0.815. The number of rotatable bonds is 3. The third kappa shape index (κ3) is 3.93. The number of fused-ring (bicyclic) bond motifs is 1. The number of piperazine rings is 1. The summed E-state index contributed by atoms with van der Waals surface area (Å²) >= 11 is 0. The molecule has 1 atom stereocenters. The lowest BCUT2D eigenvalue weighted by Gasteiger charge is -2.33. The Morgan fingerprint density at radius 3 is 2.60 bits per heavy atom. The van der Waals surface area contributed by atoms with Gasteiger partial charge in [-0.05, 0) is 24.6 Å². The number of hydrogen-bond acceptors (Lipinski definition) is 5. The molecule has 136 valence electrons. The molecule has 1 aromatic rings. The van der Waals surface area contributed by atoms with Gasteiger partial charge in [-0.15, -0.1) is 0 Å². The molecule has 0 saturated carbocycles. The van der Waals surface area contributed by atoms with E-state index in [1.165, 1.54) is 10.6 Å². The summed E-state index contributed by atoms with van der Waals surface area (Å²) in [6, 6.07) is 5.28. The number of amides is 2. The van der Waals surface area contributed by atoms with E-state index in [4.69, 9.17) is 4.74 Å². The number of nitrogens with one attached hydrogen (secondary N) is 1. The highest BCUT2D eigenvalue weighted by Crippen LogP contribution is 2.30. The van der Waals surface area contributed by atoms with E-state index in [1.54, 1.807) is 30.0 Å². The van der Waals surface area contributed by atoms with E-state index in [0.717, 1.165) is 5.56 Å². The zero-order chi connectivity index (χ0) is 18.2. The van der Waals surface area contributed by atoms with Crippen molar-refractivity contribution in [3.8, 4) is 5.75 Å². The molecule has 1 saturated heterocycles. The minimum Gasteiger partial charge on any atom is -0.479 e. The van der Waals surface area contributed by atoms with Crippen molar-refractivity contribution in [2.45, 2.75) is 19.4 Å². The molecule has 2 aliphatic heterocycles. The third-order valence-electron chi connectivity index (χ3n) is 4.39. The van der Waals surface area contributed by atoms with Crippen LogP contribution in [0.15, 0.2) is 18.2 Å². The van der Waals surface area contributed by atoms with E-state index >= 15 is 0 Å². The Balaban J connectivity index is 1.63. The van der Waals surface area contributed by atoms with E-state index in [2.05, 4.69) is 5.32 Å². The first-order valence-corrected chi connectivity index (χ1v) is 9.92. The van der Waals surface area contributed by atoms with Crippen LogP contribution in [0.3, 0.4) is 0 Å². The molecule has 0 bridgehead atoms. The Kier molecular flexibility index (Phi) is 4.70. The van der Waals surface area contributed by atoms with Crippen molar-refractivity contribution < 1.29 is 22.7 Å². The molecule has 0 radical (unpaired) electrons. The molecule has 1 aromatic carbocycles. The average molecular weight is 367 g/mol. The van der Waals surface area contributed by atoms with Gasteiger partial charge in [-0.25, -0.2) is 8.42 Å². The zero-order valence-electron chi connectivity index (χ0n) is 14.2. The average Bonchev–Trinajstić information content (AvgIpc) is 2.55. The molecule has 1 N–H and O–H groups in total. The largest absolute Gasteiger partial charge is 0.479 e. The van der Waals surface area contributed by atoms with Crippen LogP contribution < -0.4 is 10.1 Å². The molecule has 0 aliphatic carbocycles. The van der Waals surface area contributed by atoms with Gasteiger partial charge >= 0.3 is 0 Å². The standard InChI is InChI=1S/C16H21N3O5S/c1-11-16(21)17-13-9-12(3-4-14(13)24-11)10-15(20)18-5-7-19(8-6-18)25(2,22)23/h3-4,9,11H,5-8,10H2,1-2H3,(H,17,21). The molecule has 2 heterocycles. The smallest absolute Gasteiger partial charge is 0.265 e.